The summed E-state index contributed by atoms with van der Waals surface area (Å²) in [7, 11) is 0. The molecule has 0 aliphatic heterocycles. The van der Waals surface area contributed by atoms with Gasteiger partial charge in [0.2, 0.25) is 0 Å². The zero-order chi connectivity index (χ0) is 14.7. The van der Waals surface area contributed by atoms with E-state index in [1.807, 2.05) is 24.3 Å². The van der Waals surface area contributed by atoms with Gasteiger partial charge in [-0.3, -0.25) is 14.6 Å². The predicted octanol–water partition coefficient (Wildman–Crippen LogP) is 1.61. The van der Waals surface area contributed by atoms with Gasteiger partial charge in [0.1, 0.15) is 0 Å². The number of benzene rings is 1. The lowest BCUT2D eigenvalue weighted by Gasteiger charge is -2.17. The van der Waals surface area contributed by atoms with Gasteiger partial charge in [-0.25, -0.2) is 0 Å². The molecule has 2 aromatic rings. The maximum atomic E-state index is 11.5. The summed E-state index contributed by atoms with van der Waals surface area (Å²) in [5.74, 6) is -1.52. The van der Waals surface area contributed by atoms with Crippen LogP contribution in [0.25, 0.3) is 10.9 Å². The molecule has 1 heterocycles. The van der Waals surface area contributed by atoms with Gasteiger partial charge in [-0.15, -0.1) is 0 Å². The molecule has 0 aliphatic rings. The molecule has 1 unspecified atom stereocenters. The van der Waals surface area contributed by atoms with Crippen molar-refractivity contribution in [1.29, 1.82) is 0 Å². The molecule has 0 bridgehead atoms. The predicted molar refractivity (Wildman–Crippen MR) is 75.6 cm³/mol. The lowest BCUT2D eigenvalue weighted by molar-refractivity contribution is -0.137. The smallest absolute Gasteiger partial charge is 0.305 e. The zero-order valence-electron chi connectivity index (χ0n) is 11.0. The summed E-state index contributed by atoms with van der Waals surface area (Å²) in [5, 5.41) is 12.6. The number of carbonyl (C=O) groups is 2. The number of anilines is 1. The van der Waals surface area contributed by atoms with E-state index in [1.165, 1.54) is 6.20 Å². The number of primary amides is 1. The Hall–Kier alpha value is -2.63. The summed E-state index contributed by atoms with van der Waals surface area (Å²) in [6.07, 6.45) is 1.34. The summed E-state index contributed by atoms with van der Waals surface area (Å²) in [5.41, 5.74) is 6.83. The van der Waals surface area contributed by atoms with Crippen LogP contribution in [0.1, 0.15) is 23.7 Å². The van der Waals surface area contributed by atoms with Crippen LogP contribution in [0.3, 0.4) is 0 Å². The lowest BCUT2D eigenvalue weighted by atomic mass is 10.1. The van der Waals surface area contributed by atoms with Crippen LogP contribution in [0.2, 0.25) is 0 Å². The van der Waals surface area contributed by atoms with Crippen molar-refractivity contribution in [3.8, 4) is 0 Å². The fourth-order valence-electron chi connectivity index (χ4n) is 2.04. The molecule has 0 radical (unpaired) electrons. The monoisotopic (exact) mass is 273 g/mol. The number of carboxylic acid groups (broad SMARTS) is 1. The number of hydrogen-bond acceptors (Lipinski definition) is 4. The summed E-state index contributed by atoms with van der Waals surface area (Å²) in [6.45, 7) is 1.73. The minimum absolute atomic E-state index is 0.0607. The molecule has 1 aromatic carbocycles. The lowest BCUT2D eigenvalue weighted by Crippen LogP contribution is -2.22. The first-order valence-corrected chi connectivity index (χ1v) is 6.15. The summed E-state index contributed by atoms with van der Waals surface area (Å²) in [4.78, 5) is 26.4. The van der Waals surface area contributed by atoms with Gasteiger partial charge in [-0.2, -0.15) is 0 Å². The fourth-order valence-corrected chi connectivity index (χ4v) is 2.04. The third-order valence-corrected chi connectivity index (χ3v) is 2.91. The van der Waals surface area contributed by atoms with Crippen molar-refractivity contribution in [2.24, 2.45) is 5.73 Å². The number of aromatic nitrogens is 1. The third-order valence-electron chi connectivity index (χ3n) is 2.91. The summed E-state index contributed by atoms with van der Waals surface area (Å²) >= 11 is 0. The van der Waals surface area contributed by atoms with E-state index in [0.717, 1.165) is 5.39 Å². The van der Waals surface area contributed by atoms with E-state index < -0.39 is 11.9 Å². The molecule has 20 heavy (non-hydrogen) atoms. The Bertz CT molecular complexity index is 670. The standard InChI is InChI=1S/C14H15N3O3/c1-8(6-12(18)19)17-13-9-4-2-3-5-11(9)16-7-10(13)14(15)20/h2-5,7-8H,6H2,1H3,(H2,15,20)(H,16,17)(H,18,19). The minimum Gasteiger partial charge on any atom is -0.481 e. The number of carboxylic acids is 1. The number of hydrogen-bond donors (Lipinski definition) is 3. The Morgan fingerprint density at radius 2 is 2.10 bits per heavy atom. The first kappa shape index (κ1) is 13.8. The highest BCUT2D eigenvalue weighted by Gasteiger charge is 2.16. The van der Waals surface area contributed by atoms with Crippen LogP contribution < -0.4 is 11.1 Å². The maximum absolute atomic E-state index is 11.5. The molecule has 6 heteroatoms. The van der Waals surface area contributed by atoms with Gasteiger partial charge in [0.25, 0.3) is 5.91 Å². The van der Waals surface area contributed by atoms with Crippen molar-refractivity contribution in [3.63, 3.8) is 0 Å². The topological polar surface area (TPSA) is 105 Å². The number of aliphatic carboxylic acids is 1. The van der Waals surface area contributed by atoms with Crippen molar-refractivity contribution < 1.29 is 14.7 Å². The zero-order valence-corrected chi connectivity index (χ0v) is 11.0. The number of nitrogens with one attached hydrogen (secondary N) is 1. The molecular formula is C14H15N3O3. The van der Waals surface area contributed by atoms with Crippen LogP contribution in [0.5, 0.6) is 0 Å². The molecule has 1 atom stereocenters. The fraction of sp³-hybridized carbons (Fsp3) is 0.214. The maximum Gasteiger partial charge on any atom is 0.305 e. The molecule has 0 saturated carbocycles. The number of carbonyl (C=O) groups excluding carboxylic acids is 1. The van der Waals surface area contributed by atoms with Crippen molar-refractivity contribution in [2.45, 2.75) is 19.4 Å². The SMILES string of the molecule is CC(CC(=O)O)Nc1c(C(N)=O)cnc2ccccc12. The van der Waals surface area contributed by atoms with E-state index in [1.54, 1.807) is 6.92 Å². The minimum atomic E-state index is -0.913. The molecule has 1 aromatic heterocycles. The van der Waals surface area contributed by atoms with Crippen molar-refractivity contribution in [2.75, 3.05) is 5.32 Å². The number of para-hydroxylation sites is 1. The molecule has 6 nitrogen and oxygen atoms in total. The van der Waals surface area contributed by atoms with E-state index in [-0.39, 0.29) is 18.0 Å². The highest BCUT2D eigenvalue weighted by molar-refractivity contribution is 6.06. The molecule has 0 spiro atoms. The van der Waals surface area contributed by atoms with E-state index >= 15 is 0 Å². The number of pyridine rings is 1. The molecule has 1 amide bonds. The van der Waals surface area contributed by atoms with Crippen molar-refractivity contribution in [1.82, 2.24) is 4.98 Å². The number of nitrogens with two attached hydrogens (primary N) is 1. The summed E-state index contributed by atoms with van der Waals surface area (Å²) in [6, 6.07) is 6.94. The Morgan fingerprint density at radius 1 is 1.40 bits per heavy atom. The average Bonchev–Trinajstić information content (AvgIpc) is 2.37. The highest BCUT2D eigenvalue weighted by Crippen LogP contribution is 2.26. The average molecular weight is 273 g/mol. The van der Waals surface area contributed by atoms with Gasteiger partial charge in [-0.1, -0.05) is 18.2 Å². The Morgan fingerprint density at radius 3 is 2.75 bits per heavy atom. The van der Waals surface area contributed by atoms with Crippen LogP contribution >= 0.6 is 0 Å². The van der Waals surface area contributed by atoms with E-state index in [0.29, 0.717) is 11.2 Å². The number of nitrogens with zero attached hydrogens (tertiary/aromatic N) is 1. The molecule has 4 N–H and O–H groups in total. The molecule has 0 saturated heterocycles. The first-order chi connectivity index (χ1) is 9.49. The largest absolute Gasteiger partial charge is 0.481 e. The van der Waals surface area contributed by atoms with Crippen molar-refractivity contribution in [3.05, 3.63) is 36.0 Å². The van der Waals surface area contributed by atoms with Crippen LogP contribution in [0.4, 0.5) is 5.69 Å². The second-order valence-electron chi connectivity index (χ2n) is 4.57. The van der Waals surface area contributed by atoms with Crippen LogP contribution in [0, 0.1) is 0 Å². The van der Waals surface area contributed by atoms with E-state index in [2.05, 4.69) is 10.3 Å². The first-order valence-electron chi connectivity index (χ1n) is 6.15. The van der Waals surface area contributed by atoms with Crippen molar-refractivity contribution >= 4 is 28.5 Å². The second kappa shape index (κ2) is 5.56. The van der Waals surface area contributed by atoms with Gasteiger partial charge in [-0.05, 0) is 13.0 Å². The Balaban J connectivity index is 2.49. The Kier molecular flexibility index (Phi) is 3.84. The normalized spacial score (nSPS) is 12.1. The van der Waals surface area contributed by atoms with Gasteiger partial charge in [0.05, 0.1) is 23.2 Å². The van der Waals surface area contributed by atoms with Crippen LogP contribution in [-0.4, -0.2) is 28.0 Å². The number of amides is 1. The molecule has 2 rings (SSSR count). The molecule has 0 aliphatic carbocycles. The number of rotatable bonds is 5. The quantitative estimate of drug-likeness (QED) is 0.767. The van der Waals surface area contributed by atoms with E-state index in [4.69, 9.17) is 10.8 Å². The van der Waals surface area contributed by atoms with Crippen LogP contribution in [0.15, 0.2) is 30.5 Å². The highest BCUT2D eigenvalue weighted by atomic mass is 16.4. The van der Waals surface area contributed by atoms with Gasteiger partial charge >= 0.3 is 5.97 Å². The van der Waals surface area contributed by atoms with Gasteiger partial charge < -0.3 is 16.2 Å². The third kappa shape index (κ3) is 2.85. The van der Waals surface area contributed by atoms with Gasteiger partial charge in [0, 0.05) is 17.6 Å². The molecular weight excluding hydrogens is 258 g/mol. The molecule has 104 valence electrons. The Labute approximate surface area is 115 Å². The number of fused-ring (bicyclic) bond motifs is 1. The summed E-state index contributed by atoms with van der Waals surface area (Å²) < 4.78 is 0. The van der Waals surface area contributed by atoms with Gasteiger partial charge in [0.15, 0.2) is 0 Å². The molecule has 0 fully saturated rings. The van der Waals surface area contributed by atoms with Crippen LogP contribution in [-0.2, 0) is 4.79 Å². The van der Waals surface area contributed by atoms with E-state index in [9.17, 15) is 9.59 Å². The second-order valence-corrected chi connectivity index (χ2v) is 4.57.